The number of carboxylic acid groups (broad SMARTS) is 1. The molecular formula is C36H38F2N2O7. The highest BCUT2D eigenvalue weighted by atomic mass is 19.1. The Morgan fingerprint density at radius 2 is 1.64 bits per heavy atom. The first-order valence-electron chi connectivity index (χ1n) is 16.0. The highest BCUT2D eigenvalue weighted by Gasteiger charge is 2.48. The fourth-order valence-electron chi connectivity index (χ4n) is 6.79. The minimum atomic E-state index is -0.998. The molecule has 6 rings (SSSR count). The number of aliphatic hydroxyl groups is 1. The average Bonchev–Trinajstić information content (AvgIpc) is 3.55. The van der Waals surface area contributed by atoms with Gasteiger partial charge in [-0.1, -0.05) is 36.4 Å². The van der Waals surface area contributed by atoms with Gasteiger partial charge < -0.3 is 29.5 Å². The molecule has 3 fully saturated rings. The number of hydrogen-bond acceptors (Lipinski definition) is 6. The van der Waals surface area contributed by atoms with Gasteiger partial charge in [0.25, 0.3) is 0 Å². The van der Waals surface area contributed by atoms with Crippen molar-refractivity contribution in [3.63, 3.8) is 0 Å². The second-order valence-corrected chi connectivity index (χ2v) is 12.7. The van der Waals surface area contributed by atoms with E-state index < -0.39 is 35.5 Å². The normalized spacial score (nSPS) is 22.4. The molecule has 2 N–H and O–H groups in total. The third-order valence-corrected chi connectivity index (χ3v) is 9.61. The first-order valence-corrected chi connectivity index (χ1v) is 16.0. The van der Waals surface area contributed by atoms with Crippen molar-refractivity contribution in [2.75, 3.05) is 31.3 Å². The van der Waals surface area contributed by atoms with Crippen LogP contribution in [0.2, 0.25) is 0 Å². The topological polar surface area (TPSA) is 117 Å². The van der Waals surface area contributed by atoms with Gasteiger partial charge in [0.15, 0.2) is 0 Å². The summed E-state index contributed by atoms with van der Waals surface area (Å²) in [6.45, 7) is 0.917. The number of halogens is 2. The molecule has 3 aliphatic heterocycles. The van der Waals surface area contributed by atoms with Gasteiger partial charge in [0.2, 0.25) is 11.8 Å². The number of carbonyl (C=O) groups excluding carboxylic acids is 2. The van der Waals surface area contributed by atoms with Crippen LogP contribution in [0, 0.1) is 17.6 Å². The molecule has 0 saturated carbocycles. The molecule has 0 aliphatic carbocycles. The van der Waals surface area contributed by atoms with Crippen LogP contribution < -0.4 is 4.90 Å². The third kappa shape index (κ3) is 7.07. The molecule has 248 valence electrons. The number of carbonyl (C=O) groups is 3. The van der Waals surface area contributed by atoms with Crippen molar-refractivity contribution >= 4 is 23.5 Å². The molecule has 0 radical (unpaired) electrons. The van der Waals surface area contributed by atoms with E-state index in [-0.39, 0.29) is 30.3 Å². The van der Waals surface area contributed by atoms with Crippen molar-refractivity contribution in [3.05, 3.63) is 101 Å². The number of amides is 2. The lowest BCUT2D eigenvalue weighted by Gasteiger charge is -2.48. The van der Waals surface area contributed by atoms with Crippen LogP contribution in [-0.4, -0.2) is 70.9 Å². The summed E-state index contributed by atoms with van der Waals surface area (Å²) in [4.78, 5) is 40.7. The lowest BCUT2D eigenvalue weighted by molar-refractivity contribution is -0.214. The number of rotatable bonds is 13. The van der Waals surface area contributed by atoms with Crippen LogP contribution in [0.5, 0.6) is 0 Å². The molecule has 3 aromatic carbocycles. The first-order chi connectivity index (χ1) is 22.6. The SMILES string of the molecule is O=C(O)[C@@H]1CCCN1C(=O)COC1(CCc2ccc([C@@H]3[C@@H](CC[C@H](O)c4ccc(F)cc4)C(=O)N3c3ccc(F)cc3)cc2)COC1. The van der Waals surface area contributed by atoms with Gasteiger partial charge in [0.1, 0.15) is 29.9 Å². The molecule has 0 aromatic heterocycles. The highest BCUT2D eigenvalue weighted by Crippen LogP contribution is 2.46. The van der Waals surface area contributed by atoms with Gasteiger partial charge in [-0.3, -0.25) is 9.59 Å². The van der Waals surface area contributed by atoms with Gasteiger partial charge in [-0.25, -0.2) is 13.6 Å². The first kappa shape index (κ1) is 32.7. The minimum Gasteiger partial charge on any atom is -0.480 e. The maximum Gasteiger partial charge on any atom is 0.326 e. The summed E-state index contributed by atoms with van der Waals surface area (Å²) in [6.07, 6.45) is 2.23. The van der Waals surface area contributed by atoms with E-state index in [1.165, 1.54) is 41.3 Å². The Kier molecular flexibility index (Phi) is 9.67. The van der Waals surface area contributed by atoms with Crippen LogP contribution in [0.1, 0.15) is 60.9 Å². The zero-order chi connectivity index (χ0) is 33.1. The number of aliphatic carboxylic acids is 1. The Morgan fingerprint density at radius 3 is 2.26 bits per heavy atom. The predicted octanol–water partition coefficient (Wildman–Crippen LogP) is 4.98. The van der Waals surface area contributed by atoms with E-state index in [1.54, 1.807) is 17.0 Å². The van der Waals surface area contributed by atoms with E-state index in [9.17, 15) is 33.4 Å². The Labute approximate surface area is 271 Å². The van der Waals surface area contributed by atoms with Gasteiger partial charge in [-0.15, -0.1) is 0 Å². The predicted molar refractivity (Wildman–Crippen MR) is 167 cm³/mol. The van der Waals surface area contributed by atoms with E-state index >= 15 is 0 Å². The van der Waals surface area contributed by atoms with Crippen molar-refractivity contribution in [3.8, 4) is 0 Å². The maximum atomic E-state index is 13.7. The number of anilines is 1. The molecular weight excluding hydrogens is 610 g/mol. The molecule has 2 amide bonds. The summed E-state index contributed by atoms with van der Waals surface area (Å²) >= 11 is 0. The number of hydrogen-bond donors (Lipinski definition) is 2. The van der Waals surface area contributed by atoms with Crippen molar-refractivity contribution in [2.45, 2.75) is 62.3 Å². The molecule has 3 saturated heterocycles. The van der Waals surface area contributed by atoms with Crippen molar-refractivity contribution in [2.24, 2.45) is 5.92 Å². The quantitative estimate of drug-likeness (QED) is 0.251. The number of benzene rings is 3. The van der Waals surface area contributed by atoms with E-state index in [2.05, 4.69) is 0 Å². The number of aliphatic hydroxyl groups excluding tert-OH is 1. The van der Waals surface area contributed by atoms with Crippen molar-refractivity contribution in [1.29, 1.82) is 0 Å². The van der Waals surface area contributed by atoms with E-state index in [1.807, 2.05) is 24.3 Å². The van der Waals surface area contributed by atoms with E-state index in [4.69, 9.17) is 9.47 Å². The Morgan fingerprint density at radius 1 is 0.979 bits per heavy atom. The molecule has 0 unspecified atom stereocenters. The van der Waals surface area contributed by atoms with Crippen LogP contribution in [0.25, 0.3) is 0 Å². The molecule has 11 heteroatoms. The van der Waals surface area contributed by atoms with Crippen LogP contribution in [0.4, 0.5) is 14.5 Å². The number of aryl methyl sites for hydroxylation is 1. The molecule has 9 nitrogen and oxygen atoms in total. The van der Waals surface area contributed by atoms with E-state index in [0.29, 0.717) is 69.5 Å². The molecule has 0 bridgehead atoms. The summed E-state index contributed by atoms with van der Waals surface area (Å²) in [5, 5.41) is 20.1. The highest BCUT2D eigenvalue weighted by molar-refractivity contribution is 6.03. The third-order valence-electron chi connectivity index (χ3n) is 9.61. The second kappa shape index (κ2) is 13.9. The van der Waals surface area contributed by atoms with Gasteiger partial charge in [-0.05, 0) is 91.6 Å². The molecule has 47 heavy (non-hydrogen) atoms. The fraction of sp³-hybridized carbons (Fsp3) is 0.417. The van der Waals surface area contributed by atoms with Crippen LogP contribution in [0.15, 0.2) is 72.8 Å². The van der Waals surface area contributed by atoms with Crippen LogP contribution >= 0.6 is 0 Å². The smallest absolute Gasteiger partial charge is 0.326 e. The Bertz CT molecular complexity index is 1580. The maximum absolute atomic E-state index is 13.7. The largest absolute Gasteiger partial charge is 0.480 e. The van der Waals surface area contributed by atoms with Crippen LogP contribution in [-0.2, 0) is 30.3 Å². The Hall–Kier alpha value is -4.19. The lowest BCUT2D eigenvalue weighted by atomic mass is 9.78. The summed E-state index contributed by atoms with van der Waals surface area (Å²) in [5.74, 6) is -2.63. The fourth-order valence-corrected chi connectivity index (χ4v) is 6.79. The number of nitrogens with zero attached hydrogens (tertiary/aromatic N) is 2. The number of likely N-dealkylation sites (tertiary alicyclic amines) is 1. The standard InChI is InChI=1S/C36H38F2N2O7/c37-26-9-7-24(8-10-26)31(41)16-15-29-33(40(34(29)43)28-13-11-27(38)12-14-28)25-5-3-23(4-6-25)17-18-36(21-46-22-36)47-20-32(42)39-19-1-2-30(39)35(44)45/h3-14,29-31,33,41H,1-2,15-22H2,(H,44,45)/t29-,30+,31+,33-/m1/s1. The summed E-state index contributed by atoms with van der Waals surface area (Å²) < 4.78 is 38.5. The number of carboxylic acids is 1. The zero-order valence-electron chi connectivity index (χ0n) is 25.9. The Balaban J connectivity index is 1.10. The summed E-state index contributed by atoms with van der Waals surface area (Å²) in [7, 11) is 0. The minimum absolute atomic E-state index is 0.112. The zero-order valence-corrected chi connectivity index (χ0v) is 25.9. The lowest BCUT2D eigenvalue weighted by Crippen LogP contribution is -2.55. The average molecular weight is 649 g/mol. The van der Waals surface area contributed by atoms with Gasteiger partial charge in [0, 0.05) is 12.2 Å². The van der Waals surface area contributed by atoms with Crippen molar-refractivity contribution < 1.29 is 42.9 Å². The van der Waals surface area contributed by atoms with E-state index in [0.717, 1.165) is 11.1 Å². The van der Waals surface area contributed by atoms with Gasteiger partial charge in [-0.2, -0.15) is 0 Å². The molecule has 3 heterocycles. The molecule has 0 spiro atoms. The molecule has 3 aliphatic rings. The summed E-state index contributed by atoms with van der Waals surface area (Å²) in [5.41, 5.74) is 2.48. The van der Waals surface area contributed by atoms with Crippen molar-refractivity contribution in [1.82, 2.24) is 4.90 Å². The second-order valence-electron chi connectivity index (χ2n) is 12.7. The van der Waals surface area contributed by atoms with Gasteiger partial charge >= 0.3 is 5.97 Å². The monoisotopic (exact) mass is 648 g/mol. The van der Waals surface area contributed by atoms with Crippen LogP contribution in [0.3, 0.4) is 0 Å². The molecule has 4 atom stereocenters. The number of β-lactam (4-membered cyclic amide) rings is 1. The molecule has 3 aromatic rings. The summed E-state index contributed by atoms with van der Waals surface area (Å²) in [6, 6.07) is 18.3. The van der Waals surface area contributed by atoms with Gasteiger partial charge in [0.05, 0.1) is 31.3 Å². The number of ether oxygens (including phenoxy) is 2.